The molecular formula is C26H33ClN4O4S. The first kappa shape index (κ1) is 26.4. The number of aliphatic hydroxyl groups excluding tert-OH is 1. The maximum atomic E-state index is 12.3. The van der Waals surface area contributed by atoms with E-state index in [1.807, 2.05) is 30.3 Å². The Morgan fingerprint density at radius 2 is 1.81 bits per heavy atom. The summed E-state index contributed by atoms with van der Waals surface area (Å²) >= 11 is 6.04. The minimum atomic E-state index is -3.04. The molecule has 194 valence electrons. The van der Waals surface area contributed by atoms with Gasteiger partial charge in [-0.05, 0) is 81.8 Å². The summed E-state index contributed by atoms with van der Waals surface area (Å²) in [7, 11) is -3.04. The molecule has 0 unspecified atom stereocenters. The predicted octanol–water partition coefficient (Wildman–Crippen LogP) is 5.19. The topological polar surface area (TPSA) is 113 Å². The molecule has 0 aliphatic heterocycles. The van der Waals surface area contributed by atoms with Gasteiger partial charge in [-0.1, -0.05) is 17.7 Å². The zero-order valence-electron chi connectivity index (χ0n) is 20.6. The van der Waals surface area contributed by atoms with Crippen molar-refractivity contribution in [3.05, 3.63) is 47.5 Å². The second-order valence-corrected chi connectivity index (χ2v) is 12.5. The highest BCUT2D eigenvalue weighted by atomic mass is 35.5. The van der Waals surface area contributed by atoms with Crippen LogP contribution in [0.15, 0.2) is 42.5 Å². The molecule has 36 heavy (non-hydrogen) atoms. The molecule has 8 nitrogen and oxygen atoms in total. The molecule has 0 atom stereocenters. The van der Waals surface area contributed by atoms with Gasteiger partial charge >= 0.3 is 0 Å². The lowest BCUT2D eigenvalue weighted by Gasteiger charge is -2.29. The van der Waals surface area contributed by atoms with E-state index in [-0.39, 0.29) is 36.2 Å². The van der Waals surface area contributed by atoms with Gasteiger partial charge in [0.2, 0.25) is 5.95 Å². The van der Waals surface area contributed by atoms with Crippen molar-refractivity contribution in [2.45, 2.75) is 50.8 Å². The summed E-state index contributed by atoms with van der Waals surface area (Å²) in [5.74, 6) is 2.10. The van der Waals surface area contributed by atoms with Crippen LogP contribution in [0.3, 0.4) is 0 Å². The number of hydrogen-bond donors (Lipinski definition) is 3. The molecule has 0 amide bonds. The van der Waals surface area contributed by atoms with Gasteiger partial charge in [-0.25, -0.2) is 13.4 Å². The summed E-state index contributed by atoms with van der Waals surface area (Å²) in [6.07, 6.45) is 3.39. The smallest absolute Gasteiger partial charge is 0.225 e. The molecule has 2 aromatic carbocycles. The predicted molar refractivity (Wildman–Crippen MR) is 145 cm³/mol. The lowest BCUT2D eigenvalue weighted by molar-refractivity contribution is 0.202. The maximum absolute atomic E-state index is 12.3. The van der Waals surface area contributed by atoms with E-state index in [0.29, 0.717) is 28.1 Å². The van der Waals surface area contributed by atoms with Gasteiger partial charge in [-0.2, -0.15) is 4.98 Å². The third-order valence-corrected chi connectivity index (χ3v) is 9.14. The number of anilines is 3. The Hall–Kier alpha value is -2.62. The lowest BCUT2D eigenvalue weighted by Crippen LogP contribution is -2.31. The van der Waals surface area contributed by atoms with Crippen molar-refractivity contribution >= 4 is 49.8 Å². The van der Waals surface area contributed by atoms with Crippen LogP contribution in [0.4, 0.5) is 17.5 Å². The van der Waals surface area contributed by atoms with E-state index in [9.17, 15) is 13.5 Å². The summed E-state index contributed by atoms with van der Waals surface area (Å²) in [6, 6.07) is 13.1. The number of para-hydroxylation sites is 1. The van der Waals surface area contributed by atoms with Crippen LogP contribution in [-0.2, 0) is 9.84 Å². The quantitative estimate of drug-likeness (QED) is 0.327. The van der Waals surface area contributed by atoms with E-state index >= 15 is 0 Å². The fourth-order valence-electron chi connectivity index (χ4n) is 4.40. The molecule has 3 N–H and O–H groups in total. The van der Waals surface area contributed by atoms with Crippen molar-refractivity contribution in [1.29, 1.82) is 0 Å². The van der Waals surface area contributed by atoms with Crippen molar-refractivity contribution in [3.8, 4) is 5.75 Å². The highest BCUT2D eigenvalue weighted by molar-refractivity contribution is 7.91. The normalized spacial score (nSPS) is 18.4. The summed E-state index contributed by atoms with van der Waals surface area (Å²) in [6.45, 7) is 3.55. The number of hydrogen-bond acceptors (Lipinski definition) is 8. The Balaban J connectivity index is 1.56. The molecular weight excluding hydrogens is 500 g/mol. The Bertz CT molecular complexity index is 1280. The van der Waals surface area contributed by atoms with Gasteiger partial charge in [0.15, 0.2) is 9.84 Å². The number of fused-ring (bicyclic) bond motifs is 1. The number of nitrogens with zero attached hydrogens (tertiary/aromatic N) is 2. The number of rotatable bonds is 10. The molecule has 0 saturated heterocycles. The first-order valence-electron chi connectivity index (χ1n) is 12.3. The van der Waals surface area contributed by atoms with Gasteiger partial charge in [0.05, 0.1) is 17.6 Å². The second kappa shape index (κ2) is 11.6. The average Bonchev–Trinajstić information content (AvgIpc) is 2.85. The van der Waals surface area contributed by atoms with E-state index in [0.717, 1.165) is 36.8 Å². The molecule has 1 aromatic heterocycles. The van der Waals surface area contributed by atoms with E-state index in [1.54, 1.807) is 26.0 Å². The number of aromatic nitrogens is 2. The van der Waals surface area contributed by atoms with Crippen LogP contribution >= 0.6 is 11.6 Å². The molecule has 10 heteroatoms. The summed E-state index contributed by atoms with van der Waals surface area (Å²) in [4.78, 5) is 9.52. The number of nitrogens with one attached hydrogen (secondary N) is 2. The molecule has 1 heterocycles. The van der Waals surface area contributed by atoms with Gasteiger partial charge in [0.1, 0.15) is 23.7 Å². The van der Waals surface area contributed by atoms with Gasteiger partial charge in [0.25, 0.3) is 0 Å². The van der Waals surface area contributed by atoms with Crippen molar-refractivity contribution in [3.63, 3.8) is 0 Å². The third-order valence-electron chi connectivity index (χ3n) is 6.51. The van der Waals surface area contributed by atoms with Crippen LogP contribution in [0.1, 0.15) is 39.5 Å². The van der Waals surface area contributed by atoms with Gasteiger partial charge in [-0.3, -0.25) is 0 Å². The molecule has 1 fully saturated rings. The van der Waals surface area contributed by atoms with E-state index in [1.165, 1.54) is 0 Å². The fourth-order valence-corrected chi connectivity index (χ4v) is 5.91. The highest BCUT2D eigenvalue weighted by Crippen LogP contribution is 2.33. The summed E-state index contributed by atoms with van der Waals surface area (Å²) < 4.78 is 30.4. The Kier molecular flexibility index (Phi) is 8.54. The summed E-state index contributed by atoms with van der Waals surface area (Å²) in [5.41, 5.74) is 1.47. The standard InChI is InChI=1S/C26H33ClN4O4S/c1-17(2)36(33,34)16-18-6-10-21(11-7-18)29-26-30-24-22(4-3-5-23(24)35-15-14-32)25(31-26)28-20-12-8-19(27)9-13-20/h3-5,8-9,12-13,17-18,21,32H,6-7,10-11,14-16H2,1-2H3,(H2,28,29,30,31). The molecule has 1 aliphatic carbocycles. The number of benzene rings is 2. The number of halogens is 1. The maximum Gasteiger partial charge on any atom is 0.225 e. The molecule has 1 aliphatic rings. The minimum absolute atomic E-state index is 0.0990. The van der Waals surface area contributed by atoms with E-state index < -0.39 is 9.84 Å². The van der Waals surface area contributed by atoms with Crippen molar-refractivity contribution in [2.24, 2.45) is 5.92 Å². The van der Waals surface area contributed by atoms with Crippen LogP contribution in [0, 0.1) is 5.92 Å². The van der Waals surface area contributed by atoms with Crippen LogP contribution in [0.25, 0.3) is 10.9 Å². The van der Waals surface area contributed by atoms with E-state index in [2.05, 4.69) is 10.6 Å². The SMILES string of the molecule is CC(C)S(=O)(=O)CC1CCC(Nc2nc(Nc3ccc(Cl)cc3)c3cccc(OCCO)c3n2)CC1. The van der Waals surface area contributed by atoms with E-state index in [4.69, 9.17) is 26.3 Å². The largest absolute Gasteiger partial charge is 0.489 e. The van der Waals surface area contributed by atoms with Crippen LogP contribution < -0.4 is 15.4 Å². The van der Waals surface area contributed by atoms with Gasteiger partial charge in [0, 0.05) is 22.1 Å². The van der Waals surface area contributed by atoms with Gasteiger partial charge < -0.3 is 20.5 Å². The molecule has 4 rings (SSSR count). The van der Waals surface area contributed by atoms with Crippen molar-refractivity contribution in [2.75, 3.05) is 29.6 Å². The Morgan fingerprint density at radius 3 is 2.47 bits per heavy atom. The Labute approximate surface area is 217 Å². The molecule has 3 aromatic rings. The average molecular weight is 533 g/mol. The van der Waals surface area contributed by atoms with Crippen LogP contribution in [0.5, 0.6) is 5.75 Å². The summed E-state index contributed by atoms with van der Waals surface area (Å²) in [5, 5.41) is 17.1. The molecule has 1 saturated carbocycles. The third kappa shape index (κ3) is 6.57. The zero-order valence-corrected chi connectivity index (χ0v) is 22.1. The number of ether oxygens (including phenoxy) is 1. The molecule has 0 bridgehead atoms. The first-order valence-corrected chi connectivity index (χ1v) is 14.4. The monoisotopic (exact) mass is 532 g/mol. The highest BCUT2D eigenvalue weighted by Gasteiger charge is 2.27. The van der Waals surface area contributed by atoms with Crippen molar-refractivity contribution in [1.82, 2.24) is 9.97 Å². The van der Waals surface area contributed by atoms with Gasteiger partial charge in [-0.15, -0.1) is 0 Å². The van der Waals surface area contributed by atoms with Crippen LogP contribution in [-0.4, -0.2) is 53.8 Å². The molecule has 0 spiro atoms. The minimum Gasteiger partial charge on any atom is -0.489 e. The zero-order chi connectivity index (χ0) is 25.7. The van der Waals surface area contributed by atoms with Crippen LogP contribution in [0.2, 0.25) is 5.02 Å². The fraction of sp³-hybridized carbons (Fsp3) is 0.462. The molecule has 0 radical (unpaired) electrons. The Morgan fingerprint density at radius 1 is 1.08 bits per heavy atom. The second-order valence-electron chi connectivity index (χ2n) is 9.49. The number of aliphatic hydroxyl groups is 1. The van der Waals surface area contributed by atoms with Crippen molar-refractivity contribution < 1.29 is 18.3 Å². The number of sulfone groups is 1. The lowest BCUT2D eigenvalue weighted by atomic mass is 9.87. The first-order chi connectivity index (χ1) is 17.2.